The highest BCUT2D eigenvalue weighted by molar-refractivity contribution is 7.96. The number of carbonyl (C=O) groups excluding carboxylic acids is 1. The van der Waals surface area contributed by atoms with Crippen molar-refractivity contribution in [3.8, 4) is 0 Å². The summed E-state index contributed by atoms with van der Waals surface area (Å²) in [6.45, 7) is 2.44. The molecule has 0 fully saturated rings. The lowest BCUT2D eigenvalue weighted by atomic mass is 10.1. The highest BCUT2D eigenvalue weighted by Gasteiger charge is 2.21. The topological polar surface area (TPSA) is 86.6 Å². The third-order valence-corrected chi connectivity index (χ3v) is 5.58. The molecule has 0 bridgehead atoms. The number of rotatable bonds is 16. The van der Waals surface area contributed by atoms with Gasteiger partial charge in [-0.25, -0.2) is 4.79 Å². The van der Waals surface area contributed by atoms with E-state index in [9.17, 15) is 14.7 Å². The molecule has 0 aromatic heterocycles. The molecule has 0 spiro atoms. The van der Waals surface area contributed by atoms with Crippen LogP contribution in [-0.4, -0.2) is 52.5 Å². The minimum absolute atomic E-state index is 0.0220. The Hall–Kier alpha value is -0.750. The van der Waals surface area contributed by atoms with Gasteiger partial charge in [0.25, 0.3) is 0 Å². The van der Waals surface area contributed by atoms with Crippen LogP contribution >= 0.6 is 0 Å². The Kier molecular flexibility index (Phi) is 15.3. The Morgan fingerprint density at radius 1 is 1.00 bits per heavy atom. The number of hydrogen-bond acceptors (Lipinski definition) is 3. The maximum Gasteiger partial charge on any atom is 0.353 e. The number of nitrogens with one attached hydrogen (secondary N) is 1. The third-order valence-electron chi connectivity index (χ3n) is 3.89. The fourth-order valence-electron chi connectivity index (χ4n) is 2.57. The van der Waals surface area contributed by atoms with E-state index in [0.29, 0.717) is 12.2 Å². The summed E-state index contributed by atoms with van der Waals surface area (Å²) in [5.41, 5.74) is 0. The van der Waals surface area contributed by atoms with Gasteiger partial charge >= 0.3 is 5.97 Å². The second-order valence-electron chi connectivity index (χ2n) is 6.52. The van der Waals surface area contributed by atoms with Crippen molar-refractivity contribution in [2.75, 3.05) is 24.3 Å². The molecule has 2 unspecified atom stereocenters. The summed E-state index contributed by atoms with van der Waals surface area (Å²) in [6.07, 6.45) is 12.7. The number of aliphatic carboxylic acids is 1. The lowest BCUT2D eigenvalue weighted by Gasteiger charge is -2.11. The lowest BCUT2D eigenvalue weighted by molar-refractivity contribution is -0.134. The van der Waals surface area contributed by atoms with Crippen molar-refractivity contribution in [2.45, 2.75) is 77.2 Å². The van der Waals surface area contributed by atoms with Gasteiger partial charge < -0.3 is 15.5 Å². The van der Waals surface area contributed by atoms with Crippen LogP contribution in [0.1, 0.15) is 71.1 Å². The molecule has 0 rings (SSSR count). The zero-order valence-corrected chi connectivity index (χ0v) is 16.2. The van der Waals surface area contributed by atoms with E-state index >= 15 is 0 Å². The molecule has 0 heterocycles. The van der Waals surface area contributed by atoms with E-state index in [4.69, 9.17) is 5.11 Å². The molecule has 0 aromatic carbocycles. The van der Waals surface area contributed by atoms with Crippen LogP contribution in [0.2, 0.25) is 0 Å². The standard InChI is InChI=1S/C18H35NO4S/c1-3-4-5-6-7-8-9-10-11-12-17(21)19-13-16(20)14-24(2)15-18(22)23/h16,20H,3-15H2,1-2H3,(H-,19,21,22,23)/p+1. The van der Waals surface area contributed by atoms with Crippen molar-refractivity contribution in [1.82, 2.24) is 5.32 Å². The Morgan fingerprint density at radius 2 is 1.54 bits per heavy atom. The first-order valence-corrected chi connectivity index (χ1v) is 11.2. The van der Waals surface area contributed by atoms with Crippen LogP contribution in [0.4, 0.5) is 0 Å². The molecule has 142 valence electrons. The van der Waals surface area contributed by atoms with Gasteiger partial charge in [0.2, 0.25) is 11.7 Å². The second-order valence-corrected chi connectivity index (χ2v) is 8.71. The van der Waals surface area contributed by atoms with E-state index in [1.807, 2.05) is 6.26 Å². The number of aliphatic hydroxyl groups excluding tert-OH is 1. The fraction of sp³-hybridized carbons (Fsp3) is 0.889. The van der Waals surface area contributed by atoms with Crippen molar-refractivity contribution >= 4 is 22.8 Å². The van der Waals surface area contributed by atoms with E-state index in [1.165, 1.54) is 44.9 Å². The number of aliphatic hydroxyl groups is 1. The van der Waals surface area contributed by atoms with Gasteiger partial charge in [0.15, 0.2) is 0 Å². The molecule has 24 heavy (non-hydrogen) atoms. The smallest absolute Gasteiger partial charge is 0.353 e. The van der Waals surface area contributed by atoms with Gasteiger partial charge in [-0.1, -0.05) is 58.3 Å². The first kappa shape index (κ1) is 23.2. The maximum absolute atomic E-state index is 11.7. The lowest BCUT2D eigenvalue weighted by Crippen LogP contribution is -2.36. The normalized spacial score (nSPS) is 13.5. The molecule has 0 aliphatic heterocycles. The minimum Gasteiger partial charge on any atom is -0.478 e. The van der Waals surface area contributed by atoms with E-state index in [2.05, 4.69) is 12.2 Å². The number of carbonyl (C=O) groups is 2. The summed E-state index contributed by atoms with van der Waals surface area (Å²) < 4.78 is 0. The highest BCUT2D eigenvalue weighted by atomic mass is 32.2. The summed E-state index contributed by atoms with van der Waals surface area (Å²) in [5.74, 6) is -0.373. The summed E-state index contributed by atoms with van der Waals surface area (Å²) in [4.78, 5) is 22.3. The largest absolute Gasteiger partial charge is 0.478 e. The summed E-state index contributed by atoms with van der Waals surface area (Å²) in [7, 11) is -0.358. The molecule has 0 saturated heterocycles. The van der Waals surface area contributed by atoms with Crippen LogP contribution in [0.25, 0.3) is 0 Å². The van der Waals surface area contributed by atoms with E-state index in [0.717, 1.165) is 12.8 Å². The number of carboxylic acid groups (broad SMARTS) is 1. The van der Waals surface area contributed by atoms with Crippen LogP contribution in [0.3, 0.4) is 0 Å². The van der Waals surface area contributed by atoms with Gasteiger partial charge in [0.1, 0.15) is 11.9 Å². The van der Waals surface area contributed by atoms with Crippen LogP contribution in [0.5, 0.6) is 0 Å². The Bertz CT molecular complexity index is 339. The van der Waals surface area contributed by atoms with Gasteiger partial charge in [-0.15, -0.1) is 0 Å². The van der Waals surface area contributed by atoms with Gasteiger partial charge in [-0.3, -0.25) is 4.79 Å². The van der Waals surface area contributed by atoms with Crippen LogP contribution < -0.4 is 5.32 Å². The molecular formula is C18H36NO4S+. The molecule has 0 aromatic rings. The number of carboxylic acids is 1. The Labute approximate surface area is 149 Å². The van der Waals surface area contributed by atoms with Crippen molar-refractivity contribution < 1.29 is 19.8 Å². The number of hydrogen-bond donors (Lipinski definition) is 3. The molecule has 0 aliphatic carbocycles. The molecule has 0 saturated carbocycles. The third kappa shape index (κ3) is 16.1. The van der Waals surface area contributed by atoms with Gasteiger partial charge in [-0.05, 0) is 17.3 Å². The van der Waals surface area contributed by atoms with Crippen LogP contribution in [0.15, 0.2) is 0 Å². The molecular weight excluding hydrogens is 326 g/mol. The van der Waals surface area contributed by atoms with E-state index in [1.54, 1.807) is 0 Å². The predicted molar refractivity (Wildman–Crippen MR) is 102 cm³/mol. The van der Waals surface area contributed by atoms with E-state index in [-0.39, 0.29) is 29.1 Å². The maximum atomic E-state index is 11.7. The SMILES string of the molecule is CCCCCCCCCCCC(=O)NCC(O)C[S+](C)CC(=O)O. The second kappa shape index (κ2) is 15.8. The summed E-state index contributed by atoms with van der Waals surface area (Å²) in [6, 6.07) is 0. The number of unbranched alkanes of at least 4 members (excludes halogenated alkanes) is 8. The number of amides is 1. The Balaban J connectivity index is 3.47. The average Bonchev–Trinajstić information content (AvgIpc) is 2.50. The van der Waals surface area contributed by atoms with Gasteiger partial charge in [0.05, 0.1) is 6.26 Å². The molecule has 2 atom stereocenters. The van der Waals surface area contributed by atoms with Crippen molar-refractivity contribution in [3.63, 3.8) is 0 Å². The quantitative estimate of drug-likeness (QED) is 0.291. The predicted octanol–water partition coefficient (Wildman–Crippen LogP) is 2.72. The van der Waals surface area contributed by atoms with Gasteiger partial charge in [0, 0.05) is 13.0 Å². The zero-order chi connectivity index (χ0) is 18.2. The molecule has 0 aliphatic rings. The molecule has 3 N–H and O–H groups in total. The van der Waals surface area contributed by atoms with Crippen molar-refractivity contribution in [2.24, 2.45) is 0 Å². The Morgan fingerprint density at radius 3 is 2.08 bits per heavy atom. The highest BCUT2D eigenvalue weighted by Crippen LogP contribution is 2.10. The van der Waals surface area contributed by atoms with Crippen LogP contribution in [0, 0.1) is 0 Å². The summed E-state index contributed by atoms with van der Waals surface area (Å²) in [5, 5.41) is 21.2. The van der Waals surface area contributed by atoms with Crippen LogP contribution in [-0.2, 0) is 20.5 Å². The molecule has 6 heteroatoms. The zero-order valence-electron chi connectivity index (χ0n) is 15.4. The molecule has 5 nitrogen and oxygen atoms in total. The van der Waals surface area contributed by atoms with Gasteiger partial charge in [-0.2, -0.15) is 0 Å². The monoisotopic (exact) mass is 362 g/mol. The van der Waals surface area contributed by atoms with Crippen molar-refractivity contribution in [1.29, 1.82) is 0 Å². The first-order chi connectivity index (χ1) is 11.5. The first-order valence-electron chi connectivity index (χ1n) is 9.21. The van der Waals surface area contributed by atoms with Crippen molar-refractivity contribution in [3.05, 3.63) is 0 Å². The molecule has 1 amide bonds. The summed E-state index contributed by atoms with van der Waals surface area (Å²) >= 11 is 0. The molecule has 0 radical (unpaired) electrons. The average molecular weight is 363 g/mol. The van der Waals surface area contributed by atoms with E-state index < -0.39 is 12.1 Å². The fourth-order valence-corrected chi connectivity index (χ4v) is 3.89. The minimum atomic E-state index is -0.845.